The minimum absolute atomic E-state index is 0.0319. The summed E-state index contributed by atoms with van der Waals surface area (Å²) < 4.78 is 0. The highest BCUT2D eigenvalue weighted by atomic mass is 32.2. The Morgan fingerprint density at radius 2 is 1.77 bits per heavy atom. The quantitative estimate of drug-likeness (QED) is 0.511. The number of nitrogens with one attached hydrogen (secondary N) is 1. The van der Waals surface area contributed by atoms with E-state index >= 15 is 0 Å². The lowest BCUT2D eigenvalue weighted by Gasteiger charge is -2.15. The molecule has 0 fully saturated rings. The van der Waals surface area contributed by atoms with Crippen molar-refractivity contribution < 1.29 is 9.59 Å². The summed E-state index contributed by atoms with van der Waals surface area (Å²) in [4.78, 5) is 27.1. The summed E-state index contributed by atoms with van der Waals surface area (Å²) in [6.07, 6.45) is 1.30. The summed E-state index contributed by atoms with van der Waals surface area (Å²) in [5, 5.41) is 15.2. The van der Waals surface area contributed by atoms with Crippen molar-refractivity contribution in [2.45, 2.75) is 42.4 Å². The first-order valence-electron chi connectivity index (χ1n) is 9.64. The molecule has 1 aromatic heterocycles. The Balaban J connectivity index is 1.45. The summed E-state index contributed by atoms with van der Waals surface area (Å²) >= 11 is 2.57. The molecule has 30 heavy (non-hydrogen) atoms. The lowest BCUT2D eigenvalue weighted by Crippen LogP contribution is -2.40. The molecule has 1 unspecified atom stereocenters. The second-order valence-electron chi connectivity index (χ2n) is 6.46. The normalized spacial score (nSPS) is 11.8. The van der Waals surface area contributed by atoms with Crippen LogP contribution in [0.2, 0.25) is 0 Å². The van der Waals surface area contributed by atoms with Crippen LogP contribution in [0.1, 0.15) is 18.9 Å². The van der Waals surface area contributed by atoms with Gasteiger partial charge in [-0.1, -0.05) is 67.2 Å². The number of amides is 1. The molecule has 9 heteroatoms. The topological polar surface area (TPSA) is 89.8 Å². The molecule has 0 aliphatic rings. The lowest BCUT2D eigenvalue weighted by molar-refractivity contribution is -0.121. The molecular formula is C21H23N5O2S2. The minimum Gasteiger partial charge on any atom is -0.337 e. The van der Waals surface area contributed by atoms with Crippen molar-refractivity contribution >= 4 is 34.5 Å². The van der Waals surface area contributed by atoms with Crippen molar-refractivity contribution in [3.8, 4) is 0 Å². The third-order valence-corrected chi connectivity index (χ3v) is 5.88. The van der Waals surface area contributed by atoms with Crippen molar-refractivity contribution in [3.63, 3.8) is 0 Å². The molecule has 1 heterocycles. The van der Waals surface area contributed by atoms with Gasteiger partial charge in [-0.05, 0) is 47.5 Å². The smallest absolute Gasteiger partial charge is 0.279 e. The third kappa shape index (κ3) is 7.00. The molecular weight excluding hydrogens is 418 g/mol. The van der Waals surface area contributed by atoms with Crippen molar-refractivity contribution in [1.29, 1.82) is 0 Å². The van der Waals surface area contributed by atoms with Crippen LogP contribution in [0.5, 0.6) is 0 Å². The van der Waals surface area contributed by atoms with E-state index in [1.807, 2.05) is 67.6 Å². The highest BCUT2D eigenvalue weighted by molar-refractivity contribution is 8.13. The number of thioether (sulfide) groups is 1. The van der Waals surface area contributed by atoms with Gasteiger partial charge in [0.25, 0.3) is 5.24 Å². The molecule has 3 aromatic rings. The van der Waals surface area contributed by atoms with Gasteiger partial charge in [0, 0.05) is 10.6 Å². The van der Waals surface area contributed by atoms with Crippen molar-refractivity contribution in [2.24, 2.45) is 0 Å². The molecule has 7 nitrogen and oxygen atoms in total. The largest absolute Gasteiger partial charge is 0.337 e. The first-order chi connectivity index (χ1) is 14.6. The summed E-state index contributed by atoms with van der Waals surface area (Å²) in [6, 6.07) is 19.1. The van der Waals surface area contributed by atoms with Crippen LogP contribution in [0.25, 0.3) is 0 Å². The number of aromatic nitrogens is 4. The predicted octanol–water partition coefficient (Wildman–Crippen LogP) is 3.86. The van der Waals surface area contributed by atoms with Gasteiger partial charge in [0.2, 0.25) is 5.16 Å². The van der Waals surface area contributed by atoms with E-state index in [1.54, 1.807) is 0 Å². The summed E-state index contributed by atoms with van der Waals surface area (Å²) in [6.45, 7) is 1.83. The van der Waals surface area contributed by atoms with Gasteiger partial charge < -0.3 is 5.32 Å². The van der Waals surface area contributed by atoms with Crippen molar-refractivity contribution in [1.82, 2.24) is 25.5 Å². The molecule has 0 spiro atoms. The Morgan fingerprint density at radius 1 is 1.07 bits per heavy atom. The number of nitrogens with zero attached hydrogens (tertiary/aromatic N) is 4. The van der Waals surface area contributed by atoms with Crippen LogP contribution in [0, 0.1) is 0 Å². The molecule has 0 saturated carbocycles. The van der Waals surface area contributed by atoms with Crippen LogP contribution in [0.15, 0.2) is 70.7 Å². The van der Waals surface area contributed by atoms with Crippen LogP contribution in [-0.2, 0) is 17.8 Å². The fraction of sp³-hybridized carbons (Fsp3) is 0.286. The second-order valence-corrected chi connectivity index (χ2v) is 8.57. The number of carbonyl (C=O) groups is 2. The van der Waals surface area contributed by atoms with Crippen molar-refractivity contribution in [2.75, 3.05) is 5.75 Å². The number of hydrogen-bond acceptors (Lipinski definition) is 7. The molecule has 0 radical (unpaired) electrons. The number of hydrogen-bond donors (Lipinski definition) is 1. The van der Waals surface area contributed by atoms with Gasteiger partial charge >= 0.3 is 0 Å². The van der Waals surface area contributed by atoms with E-state index in [1.165, 1.54) is 33.9 Å². The maximum absolute atomic E-state index is 12.6. The van der Waals surface area contributed by atoms with E-state index in [-0.39, 0.29) is 17.6 Å². The SMILES string of the molecule is CCC(NC(=O)SCCc1ccccc1)C(=O)Cn1nnc(Sc2ccccc2)n1. The van der Waals surface area contributed by atoms with E-state index in [0.29, 0.717) is 17.3 Å². The van der Waals surface area contributed by atoms with Gasteiger partial charge in [-0.2, -0.15) is 4.80 Å². The van der Waals surface area contributed by atoms with Crippen LogP contribution in [0.4, 0.5) is 4.79 Å². The van der Waals surface area contributed by atoms with Gasteiger partial charge in [-0.25, -0.2) is 0 Å². The van der Waals surface area contributed by atoms with Crippen LogP contribution in [-0.4, -0.2) is 43.0 Å². The fourth-order valence-electron chi connectivity index (χ4n) is 2.68. The van der Waals surface area contributed by atoms with E-state index in [4.69, 9.17) is 0 Å². The van der Waals surface area contributed by atoms with Gasteiger partial charge in [0.15, 0.2) is 5.78 Å². The first kappa shape index (κ1) is 22.0. The lowest BCUT2D eigenvalue weighted by atomic mass is 10.1. The van der Waals surface area contributed by atoms with Crippen LogP contribution in [0.3, 0.4) is 0 Å². The highest BCUT2D eigenvalue weighted by Crippen LogP contribution is 2.22. The zero-order chi connectivity index (χ0) is 21.2. The Hall–Kier alpha value is -2.65. The average molecular weight is 442 g/mol. The van der Waals surface area contributed by atoms with Gasteiger partial charge in [0.1, 0.15) is 6.54 Å². The molecule has 0 saturated heterocycles. The van der Waals surface area contributed by atoms with E-state index in [0.717, 1.165) is 11.3 Å². The van der Waals surface area contributed by atoms with Crippen LogP contribution >= 0.6 is 23.5 Å². The number of rotatable bonds is 10. The Bertz CT molecular complexity index is 950. The maximum atomic E-state index is 12.6. The summed E-state index contributed by atoms with van der Waals surface area (Å²) in [7, 11) is 0. The third-order valence-electron chi connectivity index (χ3n) is 4.24. The molecule has 156 valence electrons. The fourth-order valence-corrected chi connectivity index (χ4v) is 4.15. The van der Waals surface area contributed by atoms with Crippen molar-refractivity contribution in [3.05, 3.63) is 66.2 Å². The van der Waals surface area contributed by atoms with Gasteiger partial charge in [-0.3, -0.25) is 9.59 Å². The highest BCUT2D eigenvalue weighted by Gasteiger charge is 2.20. The zero-order valence-corrected chi connectivity index (χ0v) is 18.2. The Labute approximate surface area is 184 Å². The standard InChI is InChI=1S/C21H23N5O2S2/c1-2-18(22-21(28)29-14-13-16-9-5-3-6-10-16)19(27)15-26-24-20(23-25-26)30-17-11-7-4-8-12-17/h3-12,18H,2,13-15H2,1H3,(H,22,28). The predicted molar refractivity (Wildman–Crippen MR) is 119 cm³/mol. The Morgan fingerprint density at radius 3 is 2.47 bits per heavy atom. The maximum Gasteiger partial charge on any atom is 0.279 e. The number of ketones is 1. The van der Waals surface area contributed by atoms with E-state index < -0.39 is 6.04 Å². The molecule has 0 aliphatic carbocycles. The second kappa shape index (κ2) is 11.5. The first-order valence-corrected chi connectivity index (χ1v) is 11.4. The van der Waals surface area contributed by atoms with Gasteiger partial charge in [0.05, 0.1) is 6.04 Å². The Kier molecular flexibility index (Phi) is 8.46. The van der Waals surface area contributed by atoms with Gasteiger partial charge in [-0.15, -0.1) is 10.2 Å². The minimum atomic E-state index is -0.571. The number of aryl methyl sites for hydroxylation is 1. The molecule has 1 atom stereocenters. The summed E-state index contributed by atoms with van der Waals surface area (Å²) in [5.74, 6) is 0.508. The molecule has 2 aromatic carbocycles. The average Bonchev–Trinajstić information content (AvgIpc) is 3.20. The molecule has 0 bridgehead atoms. The molecule has 1 amide bonds. The number of carbonyl (C=O) groups excluding carboxylic acids is 2. The van der Waals surface area contributed by atoms with E-state index in [9.17, 15) is 9.59 Å². The molecule has 0 aliphatic heterocycles. The molecule has 3 rings (SSSR count). The number of Topliss-reactive ketones (excluding diaryl/α,β-unsaturated/α-hetero) is 1. The monoisotopic (exact) mass is 441 g/mol. The van der Waals surface area contributed by atoms with Crippen LogP contribution < -0.4 is 5.32 Å². The van der Waals surface area contributed by atoms with E-state index in [2.05, 4.69) is 20.7 Å². The number of benzene rings is 2. The zero-order valence-electron chi connectivity index (χ0n) is 16.6. The summed E-state index contributed by atoms with van der Waals surface area (Å²) in [5.41, 5.74) is 1.18. The number of tetrazole rings is 1. The molecule has 1 N–H and O–H groups in total.